The number of carbonyl (C=O) groups excluding carboxylic acids is 1. The number of hydrogen-bond acceptors (Lipinski definition) is 4. The van der Waals surface area contributed by atoms with E-state index in [9.17, 15) is 9.90 Å². The maximum Gasteiger partial charge on any atom is 0.337 e. The smallest absolute Gasteiger partial charge is 0.337 e. The van der Waals surface area contributed by atoms with Gasteiger partial charge >= 0.3 is 5.97 Å². The predicted molar refractivity (Wildman–Crippen MR) is 63.8 cm³/mol. The summed E-state index contributed by atoms with van der Waals surface area (Å²) in [4.78, 5) is 11.3. The standard InChI is InChI=1S/C13H17NO3/c1-17-12(15)10-2-4-11(5-3-10)13(16)6-8-14-9-7-13/h2-5,14,16H,6-9H2,1H3. The fourth-order valence-electron chi connectivity index (χ4n) is 2.16. The highest BCUT2D eigenvalue weighted by Gasteiger charge is 2.30. The molecule has 4 nitrogen and oxygen atoms in total. The summed E-state index contributed by atoms with van der Waals surface area (Å²) in [6, 6.07) is 7.00. The zero-order valence-corrected chi connectivity index (χ0v) is 9.90. The molecule has 2 N–H and O–H groups in total. The minimum Gasteiger partial charge on any atom is -0.465 e. The average Bonchev–Trinajstić information content (AvgIpc) is 2.39. The van der Waals surface area contributed by atoms with E-state index < -0.39 is 5.60 Å². The lowest BCUT2D eigenvalue weighted by Crippen LogP contribution is -2.39. The maximum atomic E-state index is 11.3. The van der Waals surface area contributed by atoms with Gasteiger partial charge in [-0.1, -0.05) is 12.1 Å². The normalized spacial score (nSPS) is 18.7. The van der Waals surface area contributed by atoms with Crippen LogP contribution in [0.25, 0.3) is 0 Å². The lowest BCUT2D eigenvalue weighted by atomic mass is 9.85. The van der Waals surface area contributed by atoms with E-state index in [-0.39, 0.29) is 5.97 Å². The fourth-order valence-corrected chi connectivity index (χ4v) is 2.16. The van der Waals surface area contributed by atoms with Gasteiger partial charge < -0.3 is 15.2 Å². The van der Waals surface area contributed by atoms with Crippen molar-refractivity contribution in [2.45, 2.75) is 18.4 Å². The van der Waals surface area contributed by atoms with Gasteiger partial charge in [-0.25, -0.2) is 4.79 Å². The SMILES string of the molecule is COC(=O)c1ccc(C2(O)CCNCC2)cc1. The van der Waals surface area contributed by atoms with Gasteiger partial charge in [0.05, 0.1) is 18.3 Å². The first-order chi connectivity index (χ1) is 8.15. The van der Waals surface area contributed by atoms with Gasteiger partial charge in [0.25, 0.3) is 0 Å². The molecule has 92 valence electrons. The predicted octanol–water partition coefficient (Wildman–Crippen LogP) is 1.04. The molecule has 0 amide bonds. The third-order valence-corrected chi connectivity index (χ3v) is 3.27. The first-order valence-electron chi connectivity index (χ1n) is 5.78. The van der Waals surface area contributed by atoms with Gasteiger partial charge in [0, 0.05) is 0 Å². The molecule has 1 heterocycles. The number of esters is 1. The van der Waals surface area contributed by atoms with Crippen LogP contribution in [0.4, 0.5) is 0 Å². The summed E-state index contributed by atoms with van der Waals surface area (Å²) < 4.78 is 4.64. The van der Waals surface area contributed by atoms with E-state index in [0.29, 0.717) is 18.4 Å². The Labute approximate surface area is 101 Å². The van der Waals surface area contributed by atoms with Gasteiger partial charge in [-0.05, 0) is 43.6 Å². The molecule has 1 aliphatic heterocycles. The Morgan fingerprint density at radius 3 is 2.41 bits per heavy atom. The Hall–Kier alpha value is -1.39. The van der Waals surface area contributed by atoms with Crippen molar-refractivity contribution in [1.82, 2.24) is 5.32 Å². The summed E-state index contributed by atoms with van der Waals surface area (Å²) in [5.41, 5.74) is 0.611. The molecule has 0 aliphatic carbocycles. The number of methoxy groups -OCH3 is 1. The average molecular weight is 235 g/mol. The van der Waals surface area contributed by atoms with Crippen LogP contribution in [0.5, 0.6) is 0 Å². The second-order valence-corrected chi connectivity index (χ2v) is 4.35. The van der Waals surface area contributed by atoms with Gasteiger partial charge in [-0.2, -0.15) is 0 Å². The number of nitrogens with one attached hydrogen (secondary N) is 1. The molecular formula is C13H17NO3. The van der Waals surface area contributed by atoms with Crippen LogP contribution in [-0.4, -0.2) is 31.3 Å². The van der Waals surface area contributed by atoms with Crippen molar-refractivity contribution in [2.75, 3.05) is 20.2 Å². The summed E-state index contributed by atoms with van der Waals surface area (Å²) in [5, 5.41) is 13.7. The largest absolute Gasteiger partial charge is 0.465 e. The third-order valence-electron chi connectivity index (χ3n) is 3.27. The van der Waals surface area contributed by atoms with Crippen LogP contribution in [-0.2, 0) is 10.3 Å². The van der Waals surface area contributed by atoms with Crippen LogP contribution in [0.3, 0.4) is 0 Å². The Balaban J connectivity index is 2.19. The van der Waals surface area contributed by atoms with Crippen LogP contribution in [0, 0.1) is 0 Å². The Morgan fingerprint density at radius 2 is 1.88 bits per heavy atom. The summed E-state index contributed by atoms with van der Waals surface area (Å²) >= 11 is 0. The first kappa shape index (κ1) is 12.1. The molecule has 0 atom stereocenters. The van der Waals surface area contributed by atoms with E-state index in [4.69, 9.17) is 0 Å². The van der Waals surface area contributed by atoms with Crippen molar-refractivity contribution in [3.63, 3.8) is 0 Å². The minimum absolute atomic E-state index is 0.353. The lowest BCUT2D eigenvalue weighted by molar-refractivity contribution is 0.00588. The monoisotopic (exact) mass is 235 g/mol. The van der Waals surface area contributed by atoms with Crippen LogP contribution >= 0.6 is 0 Å². The van der Waals surface area contributed by atoms with E-state index in [1.165, 1.54) is 7.11 Å². The summed E-state index contributed by atoms with van der Waals surface area (Å²) in [6.45, 7) is 1.63. The molecule has 1 aromatic rings. The Bertz CT molecular complexity index is 394. The zero-order chi connectivity index (χ0) is 12.3. The van der Waals surface area contributed by atoms with Crippen molar-refractivity contribution in [3.8, 4) is 0 Å². The molecule has 0 spiro atoms. The molecule has 1 saturated heterocycles. The van der Waals surface area contributed by atoms with Crippen LogP contribution in [0.2, 0.25) is 0 Å². The van der Waals surface area contributed by atoms with Crippen molar-refractivity contribution in [1.29, 1.82) is 0 Å². The van der Waals surface area contributed by atoms with Gasteiger partial charge in [0.2, 0.25) is 0 Å². The molecule has 4 heteroatoms. The zero-order valence-electron chi connectivity index (χ0n) is 9.90. The van der Waals surface area contributed by atoms with E-state index in [2.05, 4.69) is 10.1 Å². The van der Waals surface area contributed by atoms with Crippen LogP contribution in [0.1, 0.15) is 28.8 Å². The highest BCUT2D eigenvalue weighted by Crippen LogP contribution is 2.30. The van der Waals surface area contributed by atoms with Crippen LogP contribution < -0.4 is 5.32 Å². The van der Waals surface area contributed by atoms with Crippen molar-refractivity contribution in [2.24, 2.45) is 0 Å². The topological polar surface area (TPSA) is 58.6 Å². The number of piperidine rings is 1. The van der Waals surface area contributed by atoms with E-state index in [1.807, 2.05) is 0 Å². The molecule has 0 aromatic heterocycles. The van der Waals surface area contributed by atoms with E-state index in [1.54, 1.807) is 24.3 Å². The van der Waals surface area contributed by atoms with E-state index in [0.717, 1.165) is 18.7 Å². The number of aliphatic hydroxyl groups is 1. The van der Waals surface area contributed by atoms with Gasteiger partial charge in [-0.3, -0.25) is 0 Å². The van der Waals surface area contributed by atoms with Crippen molar-refractivity contribution < 1.29 is 14.6 Å². The molecule has 0 saturated carbocycles. The summed E-state index contributed by atoms with van der Waals surface area (Å²) in [6.07, 6.45) is 1.40. The lowest BCUT2D eigenvalue weighted by Gasteiger charge is -2.33. The van der Waals surface area contributed by atoms with Crippen molar-refractivity contribution in [3.05, 3.63) is 35.4 Å². The van der Waals surface area contributed by atoms with E-state index >= 15 is 0 Å². The Kier molecular flexibility index (Phi) is 3.45. The molecule has 0 unspecified atom stereocenters. The second-order valence-electron chi connectivity index (χ2n) is 4.35. The molecule has 2 rings (SSSR count). The molecule has 1 aliphatic rings. The molecule has 17 heavy (non-hydrogen) atoms. The number of benzene rings is 1. The highest BCUT2D eigenvalue weighted by molar-refractivity contribution is 5.89. The number of ether oxygens (including phenoxy) is 1. The molecule has 1 aromatic carbocycles. The fraction of sp³-hybridized carbons (Fsp3) is 0.462. The first-order valence-corrected chi connectivity index (χ1v) is 5.78. The number of rotatable bonds is 2. The molecule has 0 radical (unpaired) electrons. The second kappa shape index (κ2) is 4.85. The molecule has 0 bridgehead atoms. The highest BCUT2D eigenvalue weighted by atomic mass is 16.5. The number of hydrogen-bond donors (Lipinski definition) is 2. The molecular weight excluding hydrogens is 218 g/mol. The third kappa shape index (κ3) is 2.48. The quantitative estimate of drug-likeness (QED) is 0.752. The maximum absolute atomic E-state index is 11.3. The molecule has 1 fully saturated rings. The number of carbonyl (C=O) groups is 1. The van der Waals surface area contributed by atoms with Crippen molar-refractivity contribution >= 4 is 5.97 Å². The van der Waals surface area contributed by atoms with Crippen LogP contribution in [0.15, 0.2) is 24.3 Å². The summed E-state index contributed by atoms with van der Waals surface area (Å²) in [5.74, 6) is -0.353. The Morgan fingerprint density at radius 1 is 1.29 bits per heavy atom. The van der Waals surface area contributed by atoms with Gasteiger partial charge in [0.15, 0.2) is 0 Å². The minimum atomic E-state index is -0.764. The van der Waals surface area contributed by atoms with Gasteiger partial charge in [-0.15, -0.1) is 0 Å². The summed E-state index contributed by atoms with van der Waals surface area (Å²) in [7, 11) is 1.36. The van der Waals surface area contributed by atoms with Gasteiger partial charge in [0.1, 0.15) is 0 Å².